The molecule has 4 fully saturated rings. The van der Waals surface area contributed by atoms with Gasteiger partial charge < -0.3 is 19.3 Å². The summed E-state index contributed by atoms with van der Waals surface area (Å²) in [7, 11) is 4.41. The van der Waals surface area contributed by atoms with Crippen molar-refractivity contribution >= 4 is 11.9 Å². The first-order valence-corrected chi connectivity index (χ1v) is 15.4. The minimum atomic E-state index is -0.927. The summed E-state index contributed by atoms with van der Waals surface area (Å²) in [4.78, 5) is 33.1. The molecule has 7 rings (SSSR count). The number of carbonyl (C=O) groups is 2. The zero-order valence-electron chi connectivity index (χ0n) is 23.8. The Hall–Kier alpha value is -2.70. The van der Waals surface area contributed by atoms with Crippen LogP contribution in [0.3, 0.4) is 0 Å². The van der Waals surface area contributed by atoms with Crippen molar-refractivity contribution in [3.63, 3.8) is 0 Å². The fourth-order valence-electron chi connectivity index (χ4n) is 8.85. The second-order valence-electron chi connectivity index (χ2n) is 13.1. The lowest BCUT2D eigenvalue weighted by molar-refractivity contribution is -0.160. The van der Waals surface area contributed by atoms with Gasteiger partial charge in [-0.05, 0) is 95.0 Å². The Labute approximate surface area is 238 Å². The predicted octanol–water partition coefficient (Wildman–Crippen LogP) is 5.19. The largest absolute Gasteiger partial charge is 0.462 e. The van der Waals surface area contributed by atoms with Crippen LogP contribution in [-0.4, -0.2) is 72.2 Å². The second-order valence-corrected chi connectivity index (χ2v) is 13.1. The smallest absolute Gasteiger partial charge is 0.321 e. The Balaban J connectivity index is 1.18. The molecule has 4 bridgehead atoms. The number of carbonyl (C=O) groups excluding carboxylic acids is 2. The highest BCUT2D eigenvalue weighted by molar-refractivity contribution is 5.91. The van der Waals surface area contributed by atoms with Crippen molar-refractivity contribution in [2.45, 2.75) is 112 Å². The molecule has 1 unspecified atom stereocenters. The van der Waals surface area contributed by atoms with Crippen molar-refractivity contribution in [2.75, 3.05) is 14.1 Å². The van der Waals surface area contributed by atoms with Crippen LogP contribution in [0.15, 0.2) is 54.6 Å². The summed E-state index contributed by atoms with van der Waals surface area (Å²) in [5.74, 6) is -0.667. The normalized spacial score (nSPS) is 37.1. The molecule has 1 aliphatic carbocycles. The molecule has 0 amide bonds. The molecule has 6 nitrogen and oxygen atoms in total. The summed E-state index contributed by atoms with van der Waals surface area (Å²) in [5, 5.41) is 0. The summed E-state index contributed by atoms with van der Waals surface area (Å²) < 4.78 is 12.7. The summed E-state index contributed by atoms with van der Waals surface area (Å²) >= 11 is 0. The molecule has 212 valence electrons. The van der Waals surface area contributed by atoms with Crippen LogP contribution in [-0.2, 0) is 24.5 Å². The Morgan fingerprint density at radius 3 is 1.82 bits per heavy atom. The van der Waals surface area contributed by atoms with Crippen molar-refractivity contribution in [3.05, 3.63) is 71.3 Å². The van der Waals surface area contributed by atoms with Gasteiger partial charge in [-0.2, -0.15) is 0 Å². The zero-order chi connectivity index (χ0) is 27.4. The fraction of sp³-hybridized carbons (Fsp3) is 0.588. The molecule has 0 N–H and O–H groups in total. The topological polar surface area (TPSA) is 59.1 Å². The maximum atomic E-state index is 14.4. The molecule has 4 saturated heterocycles. The van der Waals surface area contributed by atoms with E-state index >= 15 is 0 Å². The van der Waals surface area contributed by atoms with Crippen molar-refractivity contribution in [3.8, 4) is 0 Å². The van der Waals surface area contributed by atoms with Gasteiger partial charge in [0.1, 0.15) is 17.6 Å². The van der Waals surface area contributed by atoms with E-state index in [9.17, 15) is 9.59 Å². The van der Waals surface area contributed by atoms with Crippen LogP contribution in [0.1, 0.15) is 86.8 Å². The fourth-order valence-corrected chi connectivity index (χ4v) is 8.85. The molecule has 2 aromatic carbocycles. The highest BCUT2D eigenvalue weighted by atomic mass is 16.5. The van der Waals surface area contributed by atoms with Crippen LogP contribution in [0, 0.1) is 0 Å². The first-order valence-electron chi connectivity index (χ1n) is 15.4. The van der Waals surface area contributed by atoms with Crippen LogP contribution in [0.25, 0.3) is 0 Å². The third kappa shape index (κ3) is 4.30. The molecular formula is C34H42N2O4. The predicted molar refractivity (Wildman–Crippen MR) is 153 cm³/mol. The van der Waals surface area contributed by atoms with E-state index in [1.54, 1.807) is 0 Å². The van der Waals surface area contributed by atoms with Gasteiger partial charge in [-0.15, -0.1) is 0 Å². The van der Waals surface area contributed by atoms with E-state index in [2.05, 4.69) is 23.9 Å². The SMILES string of the molecule is CN1[C@@H]2CC[C@H]1CC(OC(=O)[C@@H]1CC[C@@](C(=O)OC3C[C@@H]4CC[C@@H](C3)N4C)(c3ccccc3)c3ccccc31)C2. The average Bonchev–Trinajstić information content (AvgIpc) is 3.28. The Morgan fingerprint density at radius 2 is 1.23 bits per heavy atom. The molecule has 4 heterocycles. The van der Waals surface area contributed by atoms with Crippen molar-refractivity contribution in [1.29, 1.82) is 0 Å². The van der Waals surface area contributed by atoms with Gasteiger partial charge in [-0.3, -0.25) is 9.59 Å². The number of ether oxygens (including phenoxy) is 2. The number of rotatable bonds is 5. The lowest BCUT2D eigenvalue weighted by Gasteiger charge is -2.42. The van der Waals surface area contributed by atoms with Crippen molar-refractivity contribution in [1.82, 2.24) is 9.80 Å². The molecule has 6 heteroatoms. The van der Waals surface area contributed by atoms with E-state index in [0.717, 1.165) is 42.4 Å². The van der Waals surface area contributed by atoms with E-state index in [1.807, 2.05) is 54.6 Å². The number of piperidine rings is 2. The Morgan fingerprint density at radius 1 is 0.700 bits per heavy atom. The lowest BCUT2D eigenvalue weighted by Crippen LogP contribution is -2.48. The van der Waals surface area contributed by atoms with Gasteiger partial charge in [0.2, 0.25) is 0 Å². The van der Waals surface area contributed by atoms with E-state index in [1.165, 1.54) is 25.7 Å². The number of benzene rings is 2. The van der Waals surface area contributed by atoms with Gasteiger partial charge in [0.05, 0.1) is 5.92 Å². The molecule has 0 saturated carbocycles. The monoisotopic (exact) mass is 542 g/mol. The summed E-state index contributed by atoms with van der Waals surface area (Å²) in [5.41, 5.74) is 1.84. The van der Waals surface area contributed by atoms with Crippen LogP contribution < -0.4 is 0 Å². The number of esters is 2. The molecule has 40 heavy (non-hydrogen) atoms. The molecule has 0 radical (unpaired) electrons. The van der Waals surface area contributed by atoms with Gasteiger partial charge in [-0.1, -0.05) is 54.6 Å². The molecule has 2 aromatic rings. The van der Waals surface area contributed by atoms with E-state index in [0.29, 0.717) is 37.0 Å². The number of fused-ring (bicyclic) bond motifs is 5. The molecular weight excluding hydrogens is 500 g/mol. The Kier molecular flexibility index (Phi) is 6.74. The molecule has 0 spiro atoms. The Bertz CT molecular complexity index is 1240. The minimum Gasteiger partial charge on any atom is -0.462 e. The molecule has 5 aliphatic rings. The van der Waals surface area contributed by atoms with Gasteiger partial charge in [0.15, 0.2) is 0 Å². The maximum Gasteiger partial charge on any atom is 0.321 e. The van der Waals surface area contributed by atoms with Gasteiger partial charge >= 0.3 is 11.9 Å². The van der Waals surface area contributed by atoms with Crippen molar-refractivity contribution in [2.24, 2.45) is 0 Å². The lowest BCUT2D eigenvalue weighted by atomic mass is 9.63. The zero-order valence-corrected chi connectivity index (χ0v) is 23.8. The highest BCUT2D eigenvalue weighted by Crippen LogP contribution is 2.49. The van der Waals surface area contributed by atoms with Gasteiger partial charge in [0.25, 0.3) is 0 Å². The van der Waals surface area contributed by atoms with E-state index in [4.69, 9.17) is 9.47 Å². The second kappa shape index (κ2) is 10.3. The summed E-state index contributed by atoms with van der Waals surface area (Å²) in [6.45, 7) is 0. The number of nitrogens with zero attached hydrogens (tertiary/aromatic N) is 2. The van der Waals surface area contributed by atoms with Crippen LogP contribution in [0.2, 0.25) is 0 Å². The maximum absolute atomic E-state index is 14.4. The first kappa shape index (κ1) is 26.2. The van der Waals surface area contributed by atoms with Crippen LogP contribution in [0.4, 0.5) is 0 Å². The summed E-state index contributed by atoms with van der Waals surface area (Å²) in [6.07, 6.45) is 9.44. The quantitative estimate of drug-likeness (QED) is 0.485. The van der Waals surface area contributed by atoms with Gasteiger partial charge in [-0.25, -0.2) is 0 Å². The molecule has 4 aliphatic heterocycles. The third-order valence-electron chi connectivity index (χ3n) is 11.2. The van der Waals surface area contributed by atoms with E-state index < -0.39 is 5.41 Å². The van der Waals surface area contributed by atoms with Gasteiger partial charge in [0, 0.05) is 24.2 Å². The van der Waals surface area contributed by atoms with Crippen LogP contribution >= 0.6 is 0 Å². The molecule has 7 atom stereocenters. The first-order chi connectivity index (χ1) is 19.4. The highest BCUT2D eigenvalue weighted by Gasteiger charge is 2.52. The number of hydrogen-bond donors (Lipinski definition) is 0. The van der Waals surface area contributed by atoms with Crippen molar-refractivity contribution < 1.29 is 19.1 Å². The van der Waals surface area contributed by atoms with E-state index in [-0.39, 0.29) is 30.1 Å². The standard InChI is InChI=1S/C34H42N2O4/c1-35-23-12-13-24(35)19-27(18-23)39-32(37)30-16-17-34(22-8-4-3-5-9-22,31-11-7-6-10-29(30)31)33(38)40-28-20-25-14-15-26(21-28)36(25)2/h3-11,23-28,30H,12-21H2,1-2H3/t23-,24+,25-,26-,27?,30+,34+/m0/s1. The minimum absolute atomic E-state index is 0.0149. The summed E-state index contributed by atoms with van der Waals surface area (Å²) in [6, 6.07) is 20.1. The van der Waals surface area contributed by atoms with Crippen LogP contribution in [0.5, 0.6) is 0 Å². The number of hydrogen-bond acceptors (Lipinski definition) is 6. The molecule has 0 aromatic heterocycles. The third-order valence-corrected chi connectivity index (χ3v) is 11.2. The average molecular weight is 543 g/mol.